The van der Waals surface area contributed by atoms with E-state index in [0.717, 1.165) is 49.1 Å². The number of carbonyl (C=O) groups excluding carboxylic acids is 1. The minimum absolute atomic E-state index is 0.235. The van der Waals surface area contributed by atoms with E-state index in [1.54, 1.807) is 12.1 Å². The van der Waals surface area contributed by atoms with Gasteiger partial charge in [-0.1, -0.05) is 39.8 Å². The molecule has 0 bridgehead atoms. The average molecular weight is 419 g/mol. The Balaban J connectivity index is 1.48. The molecule has 0 saturated carbocycles. The third kappa shape index (κ3) is 6.49. The summed E-state index contributed by atoms with van der Waals surface area (Å²) in [5.41, 5.74) is 1.25. The van der Waals surface area contributed by atoms with Crippen LogP contribution in [0.4, 0.5) is 9.52 Å². The van der Waals surface area contributed by atoms with Crippen LogP contribution in [0.2, 0.25) is 0 Å². The molecule has 0 aliphatic carbocycles. The van der Waals surface area contributed by atoms with Crippen LogP contribution in [-0.2, 0) is 11.2 Å². The molecule has 1 fully saturated rings. The Morgan fingerprint density at radius 2 is 1.83 bits per heavy atom. The van der Waals surface area contributed by atoms with E-state index in [2.05, 4.69) is 42.0 Å². The molecular weight excluding hydrogens is 387 g/mol. The number of piperazine rings is 1. The summed E-state index contributed by atoms with van der Waals surface area (Å²) in [6.45, 7) is 11.9. The first-order valence-corrected chi connectivity index (χ1v) is 11.1. The van der Waals surface area contributed by atoms with Crippen LogP contribution in [0.5, 0.6) is 0 Å². The lowest BCUT2D eigenvalue weighted by Crippen LogP contribution is -2.49. The van der Waals surface area contributed by atoms with Gasteiger partial charge >= 0.3 is 0 Å². The number of nitrogens with zero attached hydrogens (tertiary/aromatic N) is 4. The number of anilines is 1. The molecule has 3 rings (SSSR count). The smallest absolute Gasteiger partial charge is 0.222 e. The van der Waals surface area contributed by atoms with Crippen LogP contribution < -0.4 is 4.90 Å². The summed E-state index contributed by atoms with van der Waals surface area (Å²) < 4.78 is 17.5. The van der Waals surface area contributed by atoms with E-state index >= 15 is 0 Å². The van der Waals surface area contributed by atoms with Crippen molar-refractivity contribution in [1.82, 2.24) is 14.3 Å². The molecule has 1 aromatic heterocycles. The summed E-state index contributed by atoms with van der Waals surface area (Å²) in [5.74, 6) is 1.18. The predicted molar refractivity (Wildman–Crippen MR) is 116 cm³/mol. The minimum Gasteiger partial charge on any atom is -0.343 e. The highest BCUT2D eigenvalue weighted by molar-refractivity contribution is 7.09. The highest BCUT2D eigenvalue weighted by Gasteiger charge is 2.25. The van der Waals surface area contributed by atoms with Crippen LogP contribution >= 0.6 is 11.5 Å². The summed E-state index contributed by atoms with van der Waals surface area (Å²) in [6, 6.07) is 6.45. The Bertz CT molecular complexity index is 807. The molecule has 1 saturated heterocycles. The lowest BCUT2D eigenvalue weighted by molar-refractivity contribution is -0.132. The highest BCUT2D eigenvalue weighted by Crippen LogP contribution is 2.27. The molecule has 1 amide bonds. The van der Waals surface area contributed by atoms with Gasteiger partial charge in [-0.25, -0.2) is 9.37 Å². The van der Waals surface area contributed by atoms with Crippen molar-refractivity contribution in [1.29, 1.82) is 0 Å². The zero-order valence-electron chi connectivity index (χ0n) is 17.8. The maximum atomic E-state index is 13.0. The molecule has 1 aliphatic heterocycles. The minimum atomic E-state index is -0.235. The average Bonchev–Trinajstić information content (AvgIpc) is 3.10. The Kier molecular flexibility index (Phi) is 6.88. The van der Waals surface area contributed by atoms with Crippen LogP contribution in [0, 0.1) is 17.2 Å². The summed E-state index contributed by atoms with van der Waals surface area (Å²) >= 11 is 1.39. The van der Waals surface area contributed by atoms with Gasteiger partial charge < -0.3 is 9.80 Å². The monoisotopic (exact) mass is 418 g/mol. The van der Waals surface area contributed by atoms with E-state index in [4.69, 9.17) is 0 Å². The number of benzene rings is 1. The third-order valence-electron chi connectivity index (χ3n) is 5.12. The second-order valence-corrected chi connectivity index (χ2v) is 9.97. The number of amides is 1. The second-order valence-electron chi connectivity index (χ2n) is 9.24. The molecule has 0 spiro atoms. The van der Waals surface area contributed by atoms with Crippen molar-refractivity contribution < 1.29 is 9.18 Å². The van der Waals surface area contributed by atoms with Gasteiger partial charge in [0.25, 0.3) is 0 Å². The van der Waals surface area contributed by atoms with Crippen molar-refractivity contribution >= 4 is 22.6 Å². The van der Waals surface area contributed by atoms with Gasteiger partial charge in [-0.15, -0.1) is 0 Å². The van der Waals surface area contributed by atoms with Crippen molar-refractivity contribution in [2.75, 3.05) is 31.1 Å². The first-order chi connectivity index (χ1) is 13.7. The molecule has 7 heteroatoms. The molecule has 1 aliphatic rings. The van der Waals surface area contributed by atoms with Gasteiger partial charge in [0.15, 0.2) is 0 Å². The van der Waals surface area contributed by atoms with Gasteiger partial charge in [0.05, 0.1) is 0 Å². The molecule has 0 unspecified atom stereocenters. The fraction of sp³-hybridized carbons (Fsp3) is 0.591. The highest BCUT2D eigenvalue weighted by atomic mass is 32.1. The molecular formula is C22H31FN4OS. The topological polar surface area (TPSA) is 49.3 Å². The zero-order chi connectivity index (χ0) is 21.0. The van der Waals surface area contributed by atoms with Crippen LogP contribution in [0.1, 0.15) is 51.9 Å². The van der Waals surface area contributed by atoms with E-state index in [9.17, 15) is 9.18 Å². The van der Waals surface area contributed by atoms with E-state index in [0.29, 0.717) is 18.8 Å². The SMILES string of the molecule is C[C@H](CC(=O)N1CCN(c2nc(Cc3ccc(F)cc3)ns2)CC1)CC(C)(C)C. The van der Waals surface area contributed by atoms with Crippen LogP contribution in [0.25, 0.3) is 0 Å². The number of rotatable bonds is 6. The Morgan fingerprint density at radius 1 is 1.17 bits per heavy atom. The maximum Gasteiger partial charge on any atom is 0.222 e. The Labute approximate surface area is 177 Å². The first kappa shape index (κ1) is 21.7. The molecule has 2 heterocycles. The van der Waals surface area contributed by atoms with Gasteiger partial charge in [0.1, 0.15) is 11.6 Å². The molecule has 1 aromatic carbocycles. The van der Waals surface area contributed by atoms with Gasteiger partial charge in [0, 0.05) is 50.6 Å². The lowest BCUT2D eigenvalue weighted by atomic mass is 9.84. The summed E-state index contributed by atoms with van der Waals surface area (Å²) in [7, 11) is 0. The van der Waals surface area contributed by atoms with Crippen LogP contribution in [0.15, 0.2) is 24.3 Å². The number of hydrogen-bond acceptors (Lipinski definition) is 5. The van der Waals surface area contributed by atoms with Crippen molar-refractivity contribution in [3.63, 3.8) is 0 Å². The van der Waals surface area contributed by atoms with Crippen LogP contribution in [0.3, 0.4) is 0 Å². The van der Waals surface area contributed by atoms with E-state index in [-0.39, 0.29) is 17.1 Å². The Hall–Kier alpha value is -2.02. The van der Waals surface area contributed by atoms with Gasteiger partial charge in [-0.05, 0) is 35.4 Å². The lowest BCUT2D eigenvalue weighted by Gasteiger charge is -2.35. The summed E-state index contributed by atoms with van der Waals surface area (Å²) in [6.07, 6.45) is 2.28. The van der Waals surface area contributed by atoms with Crippen molar-refractivity contribution in [3.8, 4) is 0 Å². The van der Waals surface area contributed by atoms with Crippen molar-refractivity contribution in [2.24, 2.45) is 11.3 Å². The molecule has 2 aromatic rings. The van der Waals surface area contributed by atoms with E-state index in [1.165, 1.54) is 23.7 Å². The number of hydrogen-bond donors (Lipinski definition) is 0. The first-order valence-electron chi connectivity index (χ1n) is 10.3. The van der Waals surface area contributed by atoms with Crippen molar-refractivity contribution in [2.45, 2.75) is 47.0 Å². The van der Waals surface area contributed by atoms with E-state index < -0.39 is 0 Å². The molecule has 29 heavy (non-hydrogen) atoms. The molecule has 1 atom stereocenters. The molecule has 158 valence electrons. The molecule has 0 radical (unpaired) electrons. The zero-order valence-corrected chi connectivity index (χ0v) is 18.6. The fourth-order valence-electron chi connectivity index (χ4n) is 3.92. The quantitative estimate of drug-likeness (QED) is 0.699. The van der Waals surface area contributed by atoms with Gasteiger partial charge in [0.2, 0.25) is 11.0 Å². The number of aromatic nitrogens is 2. The standard InChI is InChI=1S/C22H31FN4OS/c1-16(15-22(2,3)4)13-20(28)26-9-11-27(12-10-26)21-24-19(25-29-21)14-17-5-7-18(23)8-6-17/h5-8,16H,9-15H2,1-4H3/t16-/m1/s1. The van der Waals surface area contributed by atoms with Crippen LogP contribution in [-0.4, -0.2) is 46.3 Å². The summed E-state index contributed by atoms with van der Waals surface area (Å²) in [4.78, 5) is 21.5. The Morgan fingerprint density at radius 3 is 2.45 bits per heavy atom. The van der Waals surface area contributed by atoms with Gasteiger partial charge in [-0.2, -0.15) is 4.37 Å². The fourth-order valence-corrected chi connectivity index (χ4v) is 4.66. The normalized spacial score (nSPS) is 16.2. The maximum absolute atomic E-state index is 13.0. The molecule has 0 N–H and O–H groups in total. The second kappa shape index (κ2) is 9.20. The van der Waals surface area contributed by atoms with E-state index in [1.807, 2.05) is 4.90 Å². The predicted octanol–water partition coefficient (Wildman–Crippen LogP) is 4.38. The molecule has 5 nitrogen and oxygen atoms in total. The van der Waals surface area contributed by atoms with Gasteiger partial charge in [-0.3, -0.25) is 4.79 Å². The van der Waals surface area contributed by atoms with Crippen molar-refractivity contribution in [3.05, 3.63) is 41.5 Å². The number of halogens is 1. The third-order valence-corrected chi connectivity index (χ3v) is 5.93. The largest absolute Gasteiger partial charge is 0.343 e. The number of carbonyl (C=O) groups is 1. The summed E-state index contributed by atoms with van der Waals surface area (Å²) in [5, 5.41) is 0.898.